The fourth-order valence-electron chi connectivity index (χ4n) is 4.59. The summed E-state index contributed by atoms with van der Waals surface area (Å²) in [6.07, 6.45) is 4.52. The highest BCUT2D eigenvalue weighted by Crippen LogP contribution is 2.39. The number of carboxylic acid groups (broad SMARTS) is 1. The van der Waals surface area contributed by atoms with Crippen molar-refractivity contribution in [3.63, 3.8) is 0 Å². The Morgan fingerprint density at radius 3 is 2.32 bits per heavy atom. The van der Waals surface area contributed by atoms with E-state index < -0.39 is 12.3 Å². The predicted octanol–water partition coefficient (Wildman–Crippen LogP) is 5.51. The smallest absolute Gasteiger partial charge is 0.303 e. The number of thioether (sulfide) groups is 1. The molecule has 218 valence electrons. The van der Waals surface area contributed by atoms with Gasteiger partial charge in [-0.25, -0.2) is 0 Å². The van der Waals surface area contributed by atoms with E-state index in [-0.39, 0.29) is 31.1 Å². The van der Waals surface area contributed by atoms with E-state index in [1.165, 1.54) is 18.0 Å². The molecule has 0 saturated carbocycles. The molecule has 1 aliphatic heterocycles. The maximum absolute atomic E-state index is 12.3. The van der Waals surface area contributed by atoms with Crippen molar-refractivity contribution in [2.75, 3.05) is 11.1 Å². The van der Waals surface area contributed by atoms with Crippen LogP contribution in [0.1, 0.15) is 74.0 Å². The highest BCUT2D eigenvalue weighted by atomic mass is 32.2. The number of carbonyl (C=O) groups is 2. The molecule has 2 heterocycles. The Bertz CT molecular complexity index is 1270. The van der Waals surface area contributed by atoms with Crippen LogP contribution >= 0.6 is 11.8 Å². The summed E-state index contributed by atoms with van der Waals surface area (Å²) in [7, 11) is 0. The molecular weight excluding hydrogens is 544 g/mol. The minimum absolute atomic E-state index is 0.0290. The van der Waals surface area contributed by atoms with Crippen LogP contribution < -0.4 is 10.0 Å². The summed E-state index contributed by atoms with van der Waals surface area (Å²) in [5.41, 5.74) is 3.29. The third-order valence-electron chi connectivity index (χ3n) is 6.83. The summed E-state index contributed by atoms with van der Waals surface area (Å²) in [5.74, 6) is -0.302. The fourth-order valence-corrected chi connectivity index (χ4v) is 5.52. The van der Waals surface area contributed by atoms with Gasteiger partial charge >= 0.3 is 5.97 Å². The van der Waals surface area contributed by atoms with Gasteiger partial charge in [-0.2, -0.15) is 4.73 Å². The van der Waals surface area contributed by atoms with Crippen molar-refractivity contribution in [3.05, 3.63) is 94.8 Å². The number of hydrogen-bond donors (Lipinski definition) is 3. The number of carbonyl (C=O) groups excluding carboxylic acids is 1. The number of nitrogens with one attached hydrogen (secondary N) is 1. The number of pyridine rings is 1. The lowest BCUT2D eigenvalue weighted by Crippen LogP contribution is -2.32. The number of ether oxygens (including phenoxy) is 2. The van der Waals surface area contributed by atoms with Gasteiger partial charge in [0.1, 0.15) is 0 Å². The molecule has 3 N–H and O–H groups in total. The zero-order valence-electron chi connectivity index (χ0n) is 22.8. The van der Waals surface area contributed by atoms with Crippen LogP contribution in [0, 0.1) is 5.21 Å². The van der Waals surface area contributed by atoms with Gasteiger partial charge < -0.3 is 30.2 Å². The minimum atomic E-state index is -0.791. The molecular formula is C31H36N2O7S. The number of unbranched alkanes of at least 4 members (excludes halogenated alkanes) is 3. The van der Waals surface area contributed by atoms with Crippen molar-refractivity contribution in [2.45, 2.75) is 75.1 Å². The van der Waals surface area contributed by atoms with Crippen LogP contribution in [0.15, 0.2) is 78.0 Å². The van der Waals surface area contributed by atoms with Crippen LogP contribution in [0.25, 0.3) is 0 Å². The maximum atomic E-state index is 12.3. The summed E-state index contributed by atoms with van der Waals surface area (Å²) in [6.45, 7) is -0.0290. The van der Waals surface area contributed by atoms with Gasteiger partial charge in [-0.15, -0.1) is 0 Å². The molecule has 1 fully saturated rings. The number of benzene rings is 2. The molecule has 1 aromatic heterocycles. The van der Waals surface area contributed by atoms with Crippen molar-refractivity contribution in [1.29, 1.82) is 0 Å². The second kappa shape index (κ2) is 15.5. The van der Waals surface area contributed by atoms with E-state index in [2.05, 4.69) is 5.32 Å². The summed E-state index contributed by atoms with van der Waals surface area (Å²) < 4.78 is 13.6. The zero-order valence-corrected chi connectivity index (χ0v) is 23.6. The standard InChI is InChI=1S/C31H36N2O7S/c34-20-22-10-12-23(13-11-22)27-19-26(21-41-29-8-5-6-18-33(29)38)39-31(40-27)24-14-16-25(17-15-24)32-28(35)7-3-1-2-4-9-30(36)37/h5-6,8,10-18,26-27,31,34H,1-4,7,9,19-21H2,(H,32,35)(H,36,37). The quantitative estimate of drug-likeness (QED) is 0.0984. The minimum Gasteiger partial charge on any atom is -0.618 e. The van der Waals surface area contributed by atoms with Crippen LogP contribution in [0.2, 0.25) is 0 Å². The van der Waals surface area contributed by atoms with Crippen molar-refractivity contribution >= 4 is 29.3 Å². The summed E-state index contributed by atoms with van der Waals surface area (Å²) in [4.78, 5) is 22.9. The fraction of sp³-hybridized carbons (Fsp3) is 0.387. The van der Waals surface area contributed by atoms with Crippen LogP contribution in [-0.4, -0.2) is 33.9 Å². The van der Waals surface area contributed by atoms with Gasteiger partial charge in [-0.1, -0.05) is 61.0 Å². The first kappa shape index (κ1) is 30.5. The molecule has 4 rings (SSSR count). The van der Waals surface area contributed by atoms with E-state index in [0.29, 0.717) is 42.1 Å². The number of aliphatic hydroxyl groups is 1. The lowest BCUT2D eigenvalue weighted by Gasteiger charge is -2.36. The van der Waals surface area contributed by atoms with Crippen LogP contribution in [0.5, 0.6) is 0 Å². The van der Waals surface area contributed by atoms with Crippen molar-refractivity contribution < 1.29 is 34.0 Å². The molecule has 1 amide bonds. The molecule has 3 atom stereocenters. The van der Waals surface area contributed by atoms with Crippen molar-refractivity contribution in [2.24, 2.45) is 0 Å². The van der Waals surface area contributed by atoms with Gasteiger partial charge in [0.2, 0.25) is 5.91 Å². The second-order valence-corrected chi connectivity index (χ2v) is 11.0. The largest absolute Gasteiger partial charge is 0.618 e. The molecule has 3 unspecified atom stereocenters. The third kappa shape index (κ3) is 9.57. The summed E-state index contributed by atoms with van der Waals surface area (Å²) in [5, 5.41) is 33.7. The molecule has 2 aromatic carbocycles. The van der Waals surface area contributed by atoms with Gasteiger partial charge in [-0.3, -0.25) is 9.59 Å². The topological polar surface area (TPSA) is 132 Å². The van der Waals surface area contributed by atoms with Gasteiger partial charge in [0.25, 0.3) is 5.03 Å². The number of hydrogen-bond acceptors (Lipinski definition) is 7. The number of amides is 1. The van der Waals surface area contributed by atoms with Gasteiger partial charge in [-0.05, 0) is 42.2 Å². The Morgan fingerprint density at radius 1 is 0.927 bits per heavy atom. The SMILES string of the molecule is O=C(O)CCCCCCC(=O)Nc1ccc(C2OC(CSc3cccc[n+]3[O-])CC(c3ccc(CO)cc3)O2)cc1. The molecule has 1 saturated heterocycles. The average Bonchev–Trinajstić information content (AvgIpc) is 2.98. The lowest BCUT2D eigenvalue weighted by atomic mass is 10.0. The first-order chi connectivity index (χ1) is 19.9. The van der Waals surface area contributed by atoms with Crippen molar-refractivity contribution in [1.82, 2.24) is 0 Å². The normalized spacial score (nSPS) is 18.6. The Morgan fingerprint density at radius 2 is 1.63 bits per heavy atom. The van der Waals surface area contributed by atoms with E-state index in [9.17, 15) is 19.9 Å². The van der Waals surface area contributed by atoms with Gasteiger partial charge in [0.15, 0.2) is 12.5 Å². The van der Waals surface area contributed by atoms with Crippen LogP contribution in [-0.2, 0) is 25.7 Å². The summed E-state index contributed by atoms with van der Waals surface area (Å²) in [6, 6.07) is 20.4. The zero-order chi connectivity index (χ0) is 29.0. The van der Waals surface area contributed by atoms with E-state index in [4.69, 9.17) is 14.6 Å². The molecule has 0 radical (unpaired) electrons. The number of rotatable bonds is 14. The highest BCUT2D eigenvalue weighted by Gasteiger charge is 2.32. The first-order valence-electron chi connectivity index (χ1n) is 13.8. The Kier molecular flexibility index (Phi) is 11.6. The Hall–Kier alpha value is -3.44. The number of nitrogens with zero attached hydrogens (tertiary/aromatic N) is 1. The lowest BCUT2D eigenvalue weighted by molar-refractivity contribution is -0.645. The maximum Gasteiger partial charge on any atom is 0.303 e. The van der Waals surface area contributed by atoms with Crippen LogP contribution in [0.3, 0.4) is 0 Å². The Balaban J connectivity index is 1.37. The number of carboxylic acids is 1. The molecule has 0 spiro atoms. The predicted molar refractivity (Wildman–Crippen MR) is 155 cm³/mol. The molecule has 3 aromatic rings. The van der Waals surface area contributed by atoms with Crippen LogP contribution in [0.4, 0.5) is 5.69 Å². The van der Waals surface area contributed by atoms with E-state index >= 15 is 0 Å². The number of aliphatic hydroxyl groups excluding tert-OH is 1. The number of aromatic nitrogens is 1. The average molecular weight is 581 g/mol. The highest BCUT2D eigenvalue weighted by molar-refractivity contribution is 7.99. The van der Waals surface area contributed by atoms with Gasteiger partial charge in [0, 0.05) is 48.4 Å². The number of aliphatic carboxylic acids is 1. The molecule has 10 heteroatoms. The monoisotopic (exact) mass is 580 g/mol. The molecule has 1 aliphatic rings. The first-order valence-corrected chi connectivity index (χ1v) is 14.8. The number of anilines is 1. The Labute approximate surface area is 244 Å². The van der Waals surface area contributed by atoms with Gasteiger partial charge in [0.05, 0.1) is 18.8 Å². The summed E-state index contributed by atoms with van der Waals surface area (Å²) >= 11 is 1.44. The molecule has 0 bridgehead atoms. The molecule has 41 heavy (non-hydrogen) atoms. The molecule has 0 aliphatic carbocycles. The van der Waals surface area contributed by atoms with E-state index in [1.807, 2.05) is 54.6 Å². The third-order valence-corrected chi connectivity index (χ3v) is 7.98. The molecule has 9 nitrogen and oxygen atoms in total. The second-order valence-electron chi connectivity index (χ2n) is 10.0. The van der Waals surface area contributed by atoms with Crippen molar-refractivity contribution in [3.8, 4) is 0 Å². The van der Waals surface area contributed by atoms with E-state index in [0.717, 1.165) is 34.3 Å². The van der Waals surface area contributed by atoms with E-state index in [1.54, 1.807) is 12.1 Å².